The molecule has 2 N–H and O–H groups in total. The van der Waals surface area contributed by atoms with E-state index < -0.39 is 0 Å². The topological polar surface area (TPSA) is 102 Å². The molecule has 180 valence electrons. The second-order valence-corrected chi connectivity index (χ2v) is 10.9. The van der Waals surface area contributed by atoms with E-state index >= 15 is 0 Å². The highest BCUT2D eigenvalue weighted by Gasteiger charge is 2.20. The summed E-state index contributed by atoms with van der Waals surface area (Å²) in [6, 6.07) is 7.44. The molecule has 0 saturated carbocycles. The number of nitrogens with one attached hydrogen (secondary N) is 2. The molecule has 8 nitrogen and oxygen atoms in total. The van der Waals surface area contributed by atoms with Crippen molar-refractivity contribution < 1.29 is 9.59 Å². The molecule has 0 atom stereocenters. The van der Waals surface area contributed by atoms with E-state index in [1.54, 1.807) is 10.9 Å². The Morgan fingerprint density at radius 3 is 2.35 bits per heavy atom. The van der Waals surface area contributed by atoms with Gasteiger partial charge >= 0.3 is 0 Å². The molecular formula is C26H34N6O2. The Labute approximate surface area is 201 Å². The summed E-state index contributed by atoms with van der Waals surface area (Å²) in [5.74, 6) is -0.503. The van der Waals surface area contributed by atoms with Crippen LogP contribution < -0.4 is 10.6 Å². The first-order valence-corrected chi connectivity index (χ1v) is 11.3. The Morgan fingerprint density at radius 2 is 1.71 bits per heavy atom. The van der Waals surface area contributed by atoms with Crippen LogP contribution in [0.1, 0.15) is 79.2 Å². The van der Waals surface area contributed by atoms with Crippen molar-refractivity contribution in [3.05, 3.63) is 64.7 Å². The summed E-state index contributed by atoms with van der Waals surface area (Å²) in [7, 11) is 0. The third-order valence-electron chi connectivity index (χ3n) is 5.42. The van der Waals surface area contributed by atoms with Gasteiger partial charge in [0.1, 0.15) is 0 Å². The average Bonchev–Trinajstić information content (AvgIpc) is 3.22. The van der Waals surface area contributed by atoms with Gasteiger partial charge in [0, 0.05) is 24.1 Å². The molecule has 0 saturated heterocycles. The summed E-state index contributed by atoms with van der Waals surface area (Å²) in [6.45, 7) is 16.7. The van der Waals surface area contributed by atoms with Crippen molar-refractivity contribution in [2.24, 2.45) is 5.41 Å². The lowest BCUT2D eigenvalue weighted by atomic mass is 9.87. The minimum absolute atomic E-state index is 0.0327. The molecule has 3 aromatic rings. The number of benzene rings is 1. The largest absolute Gasteiger partial charge is 0.350 e. The highest BCUT2D eigenvalue weighted by molar-refractivity contribution is 6.05. The number of anilines is 1. The van der Waals surface area contributed by atoms with E-state index in [2.05, 4.69) is 46.7 Å². The van der Waals surface area contributed by atoms with E-state index in [0.29, 0.717) is 23.5 Å². The van der Waals surface area contributed by atoms with Gasteiger partial charge in [-0.1, -0.05) is 52.8 Å². The zero-order chi connectivity index (χ0) is 25.3. The first-order chi connectivity index (χ1) is 15.7. The van der Waals surface area contributed by atoms with Crippen LogP contribution in [0.2, 0.25) is 0 Å². The highest BCUT2D eigenvalue weighted by atomic mass is 16.2. The normalized spacial score (nSPS) is 11.9. The standard InChI is InChI=1S/C26H34N6O2/c1-16-9-10-19(29-23(33)20-11-18(26(6,7)8)13-27-17(20)2)12-22(16)32-14-21(30-31-32)24(34)28-15-25(3,4)5/h9-14H,15H2,1-8H3,(H,28,34)(H,29,33). The molecule has 0 bridgehead atoms. The van der Waals surface area contributed by atoms with Crippen molar-refractivity contribution in [2.75, 3.05) is 11.9 Å². The Morgan fingerprint density at radius 1 is 1.00 bits per heavy atom. The van der Waals surface area contributed by atoms with E-state index in [9.17, 15) is 9.59 Å². The number of hydrogen-bond donors (Lipinski definition) is 2. The van der Waals surface area contributed by atoms with Crippen molar-refractivity contribution in [3.63, 3.8) is 0 Å². The minimum atomic E-state index is -0.273. The smallest absolute Gasteiger partial charge is 0.273 e. The van der Waals surface area contributed by atoms with Crippen LogP contribution >= 0.6 is 0 Å². The van der Waals surface area contributed by atoms with Crippen LogP contribution in [0.3, 0.4) is 0 Å². The number of amides is 2. The van der Waals surface area contributed by atoms with Crippen molar-refractivity contribution in [1.29, 1.82) is 0 Å². The summed E-state index contributed by atoms with van der Waals surface area (Å²) in [4.78, 5) is 29.9. The van der Waals surface area contributed by atoms with Gasteiger partial charge in [0.05, 0.1) is 17.4 Å². The van der Waals surface area contributed by atoms with Gasteiger partial charge in [-0.25, -0.2) is 4.68 Å². The predicted octanol–water partition coefficient (Wildman–Crippen LogP) is 4.60. The van der Waals surface area contributed by atoms with E-state index in [4.69, 9.17) is 0 Å². The SMILES string of the molecule is Cc1ccc(NC(=O)c2cc(C(C)(C)C)cnc2C)cc1-n1cc(C(=O)NCC(C)(C)C)nn1. The highest BCUT2D eigenvalue weighted by Crippen LogP contribution is 2.24. The molecule has 2 aromatic heterocycles. The lowest BCUT2D eigenvalue weighted by Crippen LogP contribution is -2.32. The number of hydrogen-bond acceptors (Lipinski definition) is 5. The van der Waals surface area contributed by atoms with E-state index in [0.717, 1.165) is 16.8 Å². The minimum Gasteiger partial charge on any atom is -0.350 e. The van der Waals surface area contributed by atoms with Crippen molar-refractivity contribution in [3.8, 4) is 5.69 Å². The molecule has 0 fully saturated rings. The summed E-state index contributed by atoms with van der Waals surface area (Å²) < 4.78 is 1.55. The molecule has 1 aromatic carbocycles. The van der Waals surface area contributed by atoms with Crippen molar-refractivity contribution >= 4 is 17.5 Å². The van der Waals surface area contributed by atoms with Crippen LogP contribution in [0.15, 0.2) is 36.7 Å². The fourth-order valence-corrected chi connectivity index (χ4v) is 3.23. The molecule has 0 aliphatic heterocycles. The van der Waals surface area contributed by atoms with Gasteiger partial charge < -0.3 is 10.6 Å². The van der Waals surface area contributed by atoms with Gasteiger partial charge in [0.15, 0.2) is 5.69 Å². The zero-order valence-corrected chi connectivity index (χ0v) is 21.3. The first-order valence-electron chi connectivity index (χ1n) is 11.3. The fraction of sp³-hybridized carbons (Fsp3) is 0.423. The second kappa shape index (κ2) is 9.37. The summed E-state index contributed by atoms with van der Waals surface area (Å²) in [5.41, 5.74) is 4.54. The number of carbonyl (C=O) groups is 2. The second-order valence-electron chi connectivity index (χ2n) is 10.9. The number of carbonyl (C=O) groups excluding carboxylic acids is 2. The van der Waals surface area contributed by atoms with Gasteiger partial charge in [-0.3, -0.25) is 14.6 Å². The van der Waals surface area contributed by atoms with E-state index in [1.165, 1.54) is 0 Å². The molecule has 0 aliphatic rings. The molecule has 34 heavy (non-hydrogen) atoms. The number of pyridine rings is 1. The van der Waals surface area contributed by atoms with Crippen molar-refractivity contribution in [2.45, 2.75) is 60.8 Å². The fourth-order valence-electron chi connectivity index (χ4n) is 3.23. The molecule has 3 rings (SSSR count). The van der Waals surface area contributed by atoms with E-state index in [1.807, 2.05) is 65.1 Å². The molecular weight excluding hydrogens is 428 g/mol. The molecule has 0 radical (unpaired) electrons. The van der Waals surface area contributed by atoms with Crippen LogP contribution in [0.4, 0.5) is 5.69 Å². The summed E-state index contributed by atoms with van der Waals surface area (Å²) in [6.07, 6.45) is 3.41. The average molecular weight is 463 g/mol. The zero-order valence-electron chi connectivity index (χ0n) is 21.3. The molecule has 8 heteroatoms. The monoisotopic (exact) mass is 462 g/mol. The van der Waals surface area contributed by atoms with Crippen LogP contribution in [-0.4, -0.2) is 38.3 Å². The first kappa shape index (κ1) is 25.1. The summed E-state index contributed by atoms with van der Waals surface area (Å²) >= 11 is 0. The molecule has 2 heterocycles. The lowest BCUT2D eigenvalue weighted by molar-refractivity contribution is 0.0933. The number of aryl methyl sites for hydroxylation is 2. The van der Waals surface area contributed by atoms with Gasteiger partial charge in [-0.2, -0.15) is 0 Å². The Balaban J connectivity index is 1.82. The number of rotatable bonds is 5. The maximum Gasteiger partial charge on any atom is 0.273 e. The molecule has 0 spiro atoms. The Hall–Kier alpha value is -3.55. The van der Waals surface area contributed by atoms with E-state index in [-0.39, 0.29) is 28.3 Å². The molecule has 2 amide bonds. The summed E-state index contributed by atoms with van der Waals surface area (Å²) in [5, 5.41) is 14.0. The van der Waals surface area contributed by atoms with Crippen LogP contribution in [0.5, 0.6) is 0 Å². The Kier molecular flexibility index (Phi) is 6.91. The van der Waals surface area contributed by atoms with Crippen LogP contribution in [0, 0.1) is 19.3 Å². The molecule has 0 unspecified atom stereocenters. The van der Waals surface area contributed by atoms with Gasteiger partial charge in [-0.05, 0) is 54.0 Å². The Bertz CT molecular complexity index is 1210. The number of aromatic nitrogens is 4. The van der Waals surface area contributed by atoms with Gasteiger partial charge in [-0.15, -0.1) is 5.10 Å². The lowest BCUT2D eigenvalue weighted by Gasteiger charge is -2.20. The van der Waals surface area contributed by atoms with Gasteiger partial charge in [0.25, 0.3) is 11.8 Å². The quantitative estimate of drug-likeness (QED) is 0.577. The third-order valence-corrected chi connectivity index (χ3v) is 5.42. The van der Waals surface area contributed by atoms with Gasteiger partial charge in [0.2, 0.25) is 0 Å². The van der Waals surface area contributed by atoms with Crippen LogP contribution in [0.25, 0.3) is 5.69 Å². The number of nitrogens with zero attached hydrogens (tertiary/aromatic N) is 4. The molecule has 0 aliphatic carbocycles. The van der Waals surface area contributed by atoms with Crippen molar-refractivity contribution in [1.82, 2.24) is 25.3 Å². The predicted molar refractivity (Wildman–Crippen MR) is 134 cm³/mol. The third kappa shape index (κ3) is 6.07. The van der Waals surface area contributed by atoms with Crippen LogP contribution in [-0.2, 0) is 5.41 Å². The maximum absolute atomic E-state index is 13.1. The maximum atomic E-state index is 13.1.